The molecular weight excluding hydrogens is 314 g/mol. The summed E-state index contributed by atoms with van der Waals surface area (Å²) in [4.78, 5) is 0. The van der Waals surface area contributed by atoms with Crippen molar-refractivity contribution in [1.29, 1.82) is 5.26 Å². The highest BCUT2D eigenvalue weighted by Gasteiger charge is 2.14. The fourth-order valence-electron chi connectivity index (χ4n) is 2.22. The molecule has 4 heteroatoms. The Hall–Kier alpha value is -1.60. The van der Waals surface area contributed by atoms with E-state index in [1.54, 1.807) is 0 Å². The lowest BCUT2D eigenvalue weighted by molar-refractivity contribution is 0.659. The molecule has 0 aliphatic carbocycles. The van der Waals surface area contributed by atoms with E-state index in [0.717, 1.165) is 34.3 Å². The highest BCUT2D eigenvalue weighted by molar-refractivity contribution is 9.10. The first-order valence-corrected chi connectivity index (χ1v) is 7.78. The average molecular weight is 332 g/mol. The van der Waals surface area contributed by atoms with Crippen molar-refractivity contribution in [2.24, 2.45) is 0 Å². The highest BCUT2D eigenvalue weighted by Crippen LogP contribution is 2.25. The van der Waals surface area contributed by atoms with E-state index in [4.69, 9.17) is 0 Å². The Morgan fingerprint density at radius 2 is 1.95 bits per heavy atom. The number of nitriles is 1. The SMILES string of the molecule is CCCCCCc1[nH]nc(-c2ccc(Br)cc2)c1C#N. The van der Waals surface area contributed by atoms with Gasteiger partial charge in [0.2, 0.25) is 0 Å². The van der Waals surface area contributed by atoms with E-state index < -0.39 is 0 Å². The average Bonchev–Trinajstić information content (AvgIpc) is 2.87. The van der Waals surface area contributed by atoms with Gasteiger partial charge < -0.3 is 0 Å². The van der Waals surface area contributed by atoms with E-state index in [9.17, 15) is 5.26 Å². The third-order valence-electron chi connectivity index (χ3n) is 3.35. The van der Waals surface area contributed by atoms with Crippen LogP contribution in [0.3, 0.4) is 0 Å². The Bertz CT molecular complexity index is 593. The van der Waals surface area contributed by atoms with Crippen LogP contribution in [0.4, 0.5) is 0 Å². The molecule has 0 amide bonds. The topological polar surface area (TPSA) is 52.5 Å². The van der Waals surface area contributed by atoms with Crippen LogP contribution in [0.15, 0.2) is 28.7 Å². The molecule has 2 rings (SSSR count). The van der Waals surface area contributed by atoms with E-state index in [1.807, 2.05) is 24.3 Å². The number of unbranched alkanes of at least 4 members (excludes halogenated alkanes) is 3. The monoisotopic (exact) mass is 331 g/mol. The van der Waals surface area contributed by atoms with Crippen molar-refractivity contribution < 1.29 is 0 Å². The molecule has 0 aliphatic heterocycles. The second-order valence-corrected chi connectivity index (χ2v) is 5.77. The van der Waals surface area contributed by atoms with Crippen LogP contribution >= 0.6 is 15.9 Å². The first-order valence-electron chi connectivity index (χ1n) is 6.99. The number of benzene rings is 1. The molecule has 0 saturated carbocycles. The molecule has 0 fully saturated rings. The zero-order valence-electron chi connectivity index (χ0n) is 11.6. The number of aromatic nitrogens is 2. The molecule has 3 nitrogen and oxygen atoms in total. The molecule has 0 spiro atoms. The number of H-pyrrole nitrogens is 1. The smallest absolute Gasteiger partial charge is 0.110 e. The van der Waals surface area contributed by atoms with Gasteiger partial charge in [-0.2, -0.15) is 10.4 Å². The molecule has 0 unspecified atom stereocenters. The fraction of sp³-hybridized carbons (Fsp3) is 0.375. The van der Waals surface area contributed by atoms with Gasteiger partial charge >= 0.3 is 0 Å². The zero-order valence-corrected chi connectivity index (χ0v) is 13.2. The molecule has 1 N–H and O–H groups in total. The third-order valence-corrected chi connectivity index (χ3v) is 3.88. The Kier molecular flexibility index (Phi) is 5.37. The summed E-state index contributed by atoms with van der Waals surface area (Å²) in [5.74, 6) is 0. The van der Waals surface area contributed by atoms with Crippen LogP contribution in [0.5, 0.6) is 0 Å². The number of nitrogens with zero attached hydrogens (tertiary/aromatic N) is 2. The molecule has 0 aliphatic rings. The first-order chi connectivity index (χ1) is 9.76. The molecule has 1 heterocycles. The van der Waals surface area contributed by atoms with Crippen molar-refractivity contribution in [3.8, 4) is 17.3 Å². The second-order valence-electron chi connectivity index (χ2n) is 4.86. The number of halogens is 1. The molecule has 1 aromatic carbocycles. The number of hydrogen-bond donors (Lipinski definition) is 1. The maximum Gasteiger partial charge on any atom is 0.110 e. The predicted octanol–water partition coefficient (Wildman–Crippen LogP) is 4.83. The highest BCUT2D eigenvalue weighted by atomic mass is 79.9. The summed E-state index contributed by atoms with van der Waals surface area (Å²) in [5, 5.41) is 16.7. The summed E-state index contributed by atoms with van der Waals surface area (Å²) in [6.07, 6.45) is 5.67. The molecule has 0 bridgehead atoms. The van der Waals surface area contributed by atoms with Gasteiger partial charge in [-0.15, -0.1) is 0 Å². The molecule has 0 saturated heterocycles. The summed E-state index contributed by atoms with van der Waals surface area (Å²) < 4.78 is 1.02. The van der Waals surface area contributed by atoms with Crippen molar-refractivity contribution in [2.75, 3.05) is 0 Å². The van der Waals surface area contributed by atoms with Gasteiger partial charge in [-0.25, -0.2) is 0 Å². The molecule has 104 valence electrons. The summed E-state index contributed by atoms with van der Waals surface area (Å²) in [7, 11) is 0. The van der Waals surface area contributed by atoms with Crippen molar-refractivity contribution in [2.45, 2.75) is 39.0 Å². The van der Waals surface area contributed by atoms with Gasteiger partial charge in [-0.3, -0.25) is 5.10 Å². The summed E-state index contributed by atoms with van der Waals surface area (Å²) in [5.41, 5.74) is 3.37. The van der Waals surface area contributed by atoms with Gasteiger partial charge in [0.1, 0.15) is 17.3 Å². The normalized spacial score (nSPS) is 10.4. The fourth-order valence-corrected chi connectivity index (χ4v) is 2.49. The van der Waals surface area contributed by atoms with Gasteiger partial charge in [0, 0.05) is 10.0 Å². The van der Waals surface area contributed by atoms with Gasteiger partial charge in [-0.05, 0) is 25.0 Å². The van der Waals surface area contributed by atoms with Crippen molar-refractivity contribution in [3.63, 3.8) is 0 Å². The van der Waals surface area contributed by atoms with E-state index in [1.165, 1.54) is 19.3 Å². The number of nitrogens with one attached hydrogen (secondary N) is 1. The number of rotatable bonds is 6. The summed E-state index contributed by atoms with van der Waals surface area (Å²) in [6, 6.07) is 10.2. The van der Waals surface area contributed by atoms with E-state index in [0.29, 0.717) is 5.56 Å². The van der Waals surface area contributed by atoms with Crippen molar-refractivity contribution in [3.05, 3.63) is 40.0 Å². The predicted molar refractivity (Wildman–Crippen MR) is 84.3 cm³/mol. The third kappa shape index (κ3) is 3.49. The van der Waals surface area contributed by atoms with E-state index in [-0.39, 0.29) is 0 Å². The summed E-state index contributed by atoms with van der Waals surface area (Å²) in [6.45, 7) is 2.20. The lowest BCUT2D eigenvalue weighted by atomic mass is 10.0. The molecule has 20 heavy (non-hydrogen) atoms. The maximum atomic E-state index is 9.39. The molecule has 1 aromatic heterocycles. The Morgan fingerprint density at radius 1 is 1.20 bits per heavy atom. The Balaban J connectivity index is 2.17. The van der Waals surface area contributed by atoms with Crippen molar-refractivity contribution >= 4 is 15.9 Å². The number of aryl methyl sites for hydroxylation is 1. The number of aromatic amines is 1. The molecule has 0 radical (unpaired) electrons. The van der Waals surface area contributed by atoms with Gasteiger partial charge in [-0.1, -0.05) is 54.2 Å². The standard InChI is InChI=1S/C16H18BrN3/c1-2-3-4-5-6-15-14(11-18)16(20-19-15)12-7-9-13(17)10-8-12/h7-10H,2-6H2,1H3,(H,19,20). The first kappa shape index (κ1) is 14.8. The van der Waals surface area contributed by atoms with Crippen LogP contribution in [-0.4, -0.2) is 10.2 Å². The molecule has 2 aromatic rings. The Labute approximate surface area is 128 Å². The van der Waals surface area contributed by atoms with Gasteiger partial charge in [0.15, 0.2) is 0 Å². The van der Waals surface area contributed by atoms with Crippen LogP contribution in [0.2, 0.25) is 0 Å². The van der Waals surface area contributed by atoms with Crippen LogP contribution in [0.25, 0.3) is 11.3 Å². The maximum absolute atomic E-state index is 9.39. The lowest BCUT2D eigenvalue weighted by Gasteiger charge is -2.00. The largest absolute Gasteiger partial charge is 0.281 e. The summed E-state index contributed by atoms with van der Waals surface area (Å²) >= 11 is 3.41. The number of hydrogen-bond acceptors (Lipinski definition) is 2. The Morgan fingerprint density at radius 3 is 2.60 bits per heavy atom. The lowest BCUT2D eigenvalue weighted by Crippen LogP contribution is -1.90. The van der Waals surface area contributed by atoms with E-state index in [2.05, 4.69) is 39.1 Å². The van der Waals surface area contributed by atoms with Gasteiger partial charge in [0.25, 0.3) is 0 Å². The molecular formula is C16H18BrN3. The second kappa shape index (κ2) is 7.25. The van der Waals surface area contributed by atoms with E-state index >= 15 is 0 Å². The van der Waals surface area contributed by atoms with Crippen molar-refractivity contribution in [1.82, 2.24) is 10.2 Å². The minimum absolute atomic E-state index is 0.684. The minimum Gasteiger partial charge on any atom is -0.281 e. The zero-order chi connectivity index (χ0) is 14.4. The van der Waals surface area contributed by atoms with Crippen LogP contribution in [-0.2, 0) is 6.42 Å². The van der Waals surface area contributed by atoms with Crippen LogP contribution in [0.1, 0.15) is 43.9 Å². The van der Waals surface area contributed by atoms with Crippen LogP contribution in [0, 0.1) is 11.3 Å². The minimum atomic E-state index is 0.684. The van der Waals surface area contributed by atoms with Gasteiger partial charge in [0.05, 0.1) is 5.69 Å². The molecule has 0 atom stereocenters. The quantitative estimate of drug-likeness (QED) is 0.770. The van der Waals surface area contributed by atoms with Crippen LogP contribution < -0.4 is 0 Å².